The van der Waals surface area contributed by atoms with Gasteiger partial charge in [0.2, 0.25) is 0 Å². The van der Waals surface area contributed by atoms with Crippen LogP contribution in [0.2, 0.25) is 0 Å². The number of rotatable bonds is 3. The Morgan fingerprint density at radius 1 is 1.50 bits per heavy atom. The molecule has 0 aromatic carbocycles. The van der Waals surface area contributed by atoms with Gasteiger partial charge in [-0.15, -0.1) is 0 Å². The number of hydrogen-bond donors (Lipinski definition) is 1. The lowest BCUT2D eigenvalue weighted by atomic mass is 10.0. The molecule has 1 unspecified atom stereocenters. The highest BCUT2D eigenvalue weighted by Crippen LogP contribution is 2.24. The predicted octanol–water partition coefficient (Wildman–Crippen LogP) is 2.67. The first-order valence-electron chi connectivity index (χ1n) is 4.33. The summed E-state index contributed by atoms with van der Waals surface area (Å²) in [7, 11) is 0. The van der Waals surface area contributed by atoms with Crippen LogP contribution in [0.1, 0.15) is 37.7 Å². The van der Waals surface area contributed by atoms with E-state index in [1.807, 2.05) is 13.0 Å². The van der Waals surface area contributed by atoms with E-state index < -0.39 is 6.10 Å². The van der Waals surface area contributed by atoms with Gasteiger partial charge in [-0.25, -0.2) is 0 Å². The van der Waals surface area contributed by atoms with Gasteiger partial charge in [0, 0.05) is 0 Å². The molecule has 0 bridgehead atoms. The third-order valence-electron chi connectivity index (χ3n) is 1.90. The molecule has 1 heterocycles. The van der Waals surface area contributed by atoms with Crippen molar-refractivity contribution in [3.05, 3.63) is 23.7 Å². The smallest absolute Gasteiger partial charge is 0.135 e. The molecule has 0 saturated carbocycles. The van der Waals surface area contributed by atoms with Crippen molar-refractivity contribution in [3.8, 4) is 0 Å². The fraction of sp³-hybridized carbons (Fsp3) is 0.600. The molecule has 0 aliphatic carbocycles. The van der Waals surface area contributed by atoms with Crippen LogP contribution in [0.25, 0.3) is 0 Å². The normalized spacial score (nSPS) is 13.8. The summed E-state index contributed by atoms with van der Waals surface area (Å²) in [5, 5.41) is 9.67. The van der Waals surface area contributed by atoms with Crippen LogP contribution in [0.3, 0.4) is 0 Å². The van der Waals surface area contributed by atoms with Crippen LogP contribution in [0, 0.1) is 12.8 Å². The van der Waals surface area contributed by atoms with E-state index in [-0.39, 0.29) is 0 Å². The van der Waals surface area contributed by atoms with Crippen molar-refractivity contribution >= 4 is 0 Å². The molecule has 0 amide bonds. The molecule has 0 saturated heterocycles. The van der Waals surface area contributed by atoms with Crippen molar-refractivity contribution < 1.29 is 9.52 Å². The minimum absolute atomic E-state index is 0.444. The summed E-state index contributed by atoms with van der Waals surface area (Å²) in [5.41, 5.74) is 1.03. The van der Waals surface area contributed by atoms with Crippen LogP contribution in [0.4, 0.5) is 0 Å². The van der Waals surface area contributed by atoms with Crippen LogP contribution >= 0.6 is 0 Å². The number of hydrogen-bond acceptors (Lipinski definition) is 2. The second-order valence-corrected chi connectivity index (χ2v) is 3.61. The Balaban J connectivity index is 2.65. The summed E-state index contributed by atoms with van der Waals surface area (Å²) in [4.78, 5) is 0. The first-order valence-corrected chi connectivity index (χ1v) is 4.33. The van der Waals surface area contributed by atoms with Gasteiger partial charge in [0.1, 0.15) is 11.9 Å². The average Bonchev–Trinajstić information content (AvgIpc) is 2.33. The molecule has 1 aromatic rings. The zero-order valence-corrected chi connectivity index (χ0v) is 7.87. The molecule has 0 spiro atoms. The summed E-state index contributed by atoms with van der Waals surface area (Å²) >= 11 is 0. The van der Waals surface area contributed by atoms with Crippen LogP contribution in [0.15, 0.2) is 16.7 Å². The average molecular weight is 168 g/mol. The molecule has 2 nitrogen and oxygen atoms in total. The molecule has 0 aliphatic heterocycles. The van der Waals surface area contributed by atoms with Gasteiger partial charge < -0.3 is 9.52 Å². The molecule has 0 radical (unpaired) electrons. The third kappa shape index (κ3) is 2.11. The fourth-order valence-electron chi connectivity index (χ4n) is 1.28. The molecule has 1 aromatic heterocycles. The summed E-state index contributed by atoms with van der Waals surface area (Å²) in [5.74, 6) is 1.20. The Labute approximate surface area is 73.2 Å². The third-order valence-corrected chi connectivity index (χ3v) is 1.90. The maximum absolute atomic E-state index is 9.67. The highest BCUT2D eigenvalue weighted by Gasteiger charge is 2.14. The van der Waals surface area contributed by atoms with E-state index in [2.05, 4.69) is 13.8 Å². The Morgan fingerprint density at radius 3 is 2.58 bits per heavy atom. The van der Waals surface area contributed by atoms with E-state index in [4.69, 9.17) is 4.42 Å². The molecule has 1 atom stereocenters. The van der Waals surface area contributed by atoms with Crippen molar-refractivity contribution in [1.29, 1.82) is 0 Å². The van der Waals surface area contributed by atoms with Crippen molar-refractivity contribution in [2.75, 3.05) is 0 Å². The Morgan fingerprint density at radius 2 is 2.17 bits per heavy atom. The van der Waals surface area contributed by atoms with Crippen molar-refractivity contribution in [3.63, 3.8) is 0 Å². The topological polar surface area (TPSA) is 33.4 Å². The lowest BCUT2D eigenvalue weighted by molar-refractivity contribution is 0.125. The second kappa shape index (κ2) is 3.76. The molecule has 0 fully saturated rings. The van der Waals surface area contributed by atoms with Crippen molar-refractivity contribution in [2.24, 2.45) is 5.92 Å². The summed E-state index contributed by atoms with van der Waals surface area (Å²) in [6.45, 7) is 6.12. The molecule has 68 valence electrons. The fourth-order valence-corrected chi connectivity index (χ4v) is 1.28. The van der Waals surface area contributed by atoms with Gasteiger partial charge in [-0.1, -0.05) is 13.8 Å². The van der Waals surface area contributed by atoms with E-state index in [9.17, 15) is 5.11 Å². The molecule has 2 heteroatoms. The number of aliphatic hydroxyl groups excluding tert-OH is 1. The largest absolute Gasteiger partial charge is 0.466 e. The zero-order valence-electron chi connectivity index (χ0n) is 7.87. The molecule has 12 heavy (non-hydrogen) atoms. The number of furan rings is 1. The summed E-state index contributed by atoms with van der Waals surface area (Å²) in [6.07, 6.45) is 1.93. The molecular formula is C10H16O2. The van der Waals surface area contributed by atoms with E-state index in [1.54, 1.807) is 6.26 Å². The highest BCUT2D eigenvalue weighted by molar-refractivity contribution is 5.16. The Kier molecular flexibility index (Phi) is 2.93. The number of aliphatic hydroxyl groups is 1. The highest BCUT2D eigenvalue weighted by atomic mass is 16.4. The van der Waals surface area contributed by atoms with Crippen LogP contribution in [-0.4, -0.2) is 5.11 Å². The minimum atomic E-state index is -0.444. The van der Waals surface area contributed by atoms with Gasteiger partial charge in [0.05, 0.1) is 6.26 Å². The van der Waals surface area contributed by atoms with E-state index in [0.717, 1.165) is 12.0 Å². The van der Waals surface area contributed by atoms with Gasteiger partial charge in [-0.2, -0.15) is 0 Å². The maximum Gasteiger partial charge on any atom is 0.135 e. The van der Waals surface area contributed by atoms with Crippen LogP contribution in [-0.2, 0) is 0 Å². The Bertz CT molecular complexity index is 238. The van der Waals surface area contributed by atoms with Gasteiger partial charge in [0.25, 0.3) is 0 Å². The van der Waals surface area contributed by atoms with Crippen LogP contribution in [0.5, 0.6) is 0 Å². The SMILES string of the molecule is Cc1ccoc1C(O)CC(C)C. The molecular weight excluding hydrogens is 152 g/mol. The second-order valence-electron chi connectivity index (χ2n) is 3.61. The van der Waals surface area contributed by atoms with Crippen molar-refractivity contribution in [1.82, 2.24) is 0 Å². The van der Waals surface area contributed by atoms with E-state index >= 15 is 0 Å². The quantitative estimate of drug-likeness (QED) is 0.752. The molecule has 1 N–H and O–H groups in total. The van der Waals surface area contributed by atoms with E-state index in [1.165, 1.54) is 0 Å². The zero-order chi connectivity index (χ0) is 9.14. The lowest BCUT2D eigenvalue weighted by Gasteiger charge is -2.10. The van der Waals surface area contributed by atoms with Gasteiger partial charge in [-0.3, -0.25) is 0 Å². The predicted molar refractivity (Wildman–Crippen MR) is 47.9 cm³/mol. The summed E-state index contributed by atoms with van der Waals surface area (Å²) < 4.78 is 5.18. The molecule has 0 aliphatic rings. The standard InChI is InChI=1S/C10H16O2/c1-7(2)6-9(11)10-8(3)4-5-12-10/h4-5,7,9,11H,6H2,1-3H3. The first kappa shape index (κ1) is 9.33. The van der Waals surface area contributed by atoms with Gasteiger partial charge in [0.15, 0.2) is 0 Å². The van der Waals surface area contributed by atoms with Crippen LogP contribution < -0.4 is 0 Å². The Hall–Kier alpha value is -0.760. The van der Waals surface area contributed by atoms with Crippen molar-refractivity contribution in [2.45, 2.75) is 33.3 Å². The van der Waals surface area contributed by atoms with Gasteiger partial charge >= 0.3 is 0 Å². The summed E-state index contributed by atoms with van der Waals surface area (Å²) in [6, 6.07) is 1.87. The lowest BCUT2D eigenvalue weighted by Crippen LogP contribution is -2.01. The monoisotopic (exact) mass is 168 g/mol. The van der Waals surface area contributed by atoms with Gasteiger partial charge in [-0.05, 0) is 30.9 Å². The number of aryl methyl sites for hydroxylation is 1. The maximum atomic E-state index is 9.67. The first-order chi connectivity index (χ1) is 5.61. The minimum Gasteiger partial charge on any atom is -0.466 e. The van der Waals surface area contributed by atoms with E-state index in [0.29, 0.717) is 11.7 Å². The molecule has 1 rings (SSSR count).